The Morgan fingerprint density at radius 2 is 1.95 bits per heavy atom. The molecule has 1 unspecified atom stereocenters. The molecule has 0 bridgehead atoms. The fraction of sp³-hybridized carbons (Fsp3) is 0.400. The van der Waals surface area contributed by atoms with Crippen LogP contribution in [-0.4, -0.2) is 39.9 Å². The molecular formula is C25H26FN3O7S. The molecule has 0 saturated carbocycles. The Labute approximate surface area is 211 Å². The van der Waals surface area contributed by atoms with Crippen LogP contribution in [0.1, 0.15) is 59.2 Å². The zero-order valence-electron chi connectivity index (χ0n) is 20.5. The Morgan fingerprint density at radius 1 is 1.27 bits per heavy atom. The van der Waals surface area contributed by atoms with E-state index in [9.17, 15) is 27.5 Å². The van der Waals surface area contributed by atoms with Crippen LogP contribution in [0.2, 0.25) is 0 Å². The number of aryl methyl sites for hydroxylation is 1. The van der Waals surface area contributed by atoms with Crippen molar-refractivity contribution in [3.8, 4) is 11.4 Å². The third-order valence-corrected chi connectivity index (χ3v) is 7.42. The maximum atomic E-state index is 14.7. The van der Waals surface area contributed by atoms with Crippen molar-refractivity contribution in [3.05, 3.63) is 61.7 Å². The van der Waals surface area contributed by atoms with Crippen LogP contribution in [0.5, 0.6) is 0 Å². The lowest BCUT2D eigenvalue weighted by molar-refractivity contribution is -0.172. The zero-order chi connectivity index (χ0) is 27.0. The summed E-state index contributed by atoms with van der Waals surface area (Å²) in [5.74, 6) is -1.08. The standard InChI is InChI=1S/C24H22FN3O4.CH4O3S/c1-3-24(31)14-6-18-21-12(8-28(18)22(29)13(14)9-32-23(24)30)19-16(26)5-4-11-10(2)15(25)7-17(27-21)20(11)19;1-5(2,3)4/h6-7,16,31H,3-5,8-9,26H2,1-2H3;1H3,(H,2,3,4)/t16?,24-;/m0./s1. The summed E-state index contributed by atoms with van der Waals surface area (Å²) in [6, 6.07) is 2.84. The second-order valence-electron chi connectivity index (χ2n) is 9.69. The molecule has 196 valence electrons. The van der Waals surface area contributed by atoms with E-state index in [1.807, 2.05) is 0 Å². The van der Waals surface area contributed by atoms with Gasteiger partial charge in [0, 0.05) is 28.6 Å². The van der Waals surface area contributed by atoms with Gasteiger partial charge in [0.1, 0.15) is 12.4 Å². The van der Waals surface area contributed by atoms with Crippen molar-refractivity contribution < 1.29 is 32.0 Å². The Morgan fingerprint density at radius 3 is 2.59 bits per heavy atom. The van der Waals surface area contributed by atoms with Crippen LogP contribution in [0.15, 0.2) is 16.9 Å². The van der Waals surface area contributed by atoms with Crippen LogP contribution in [0.4, 0.5) is 4.39 Å². The number of pyridine rings is 2. The highest BCUT2D eigenvalue weighted by atomic mass is 32.2. The second kappa shape index (κ2) is 8.42. The van der Waals surface area contributed by atoms with Gasteiger partial charge in [0.05, 0.1) is 35.3 Å². The number of fused-ring (bicyclic) bond motifs is 5. The molecule has 0 saturated heterocycles. The second-order valence-corrected chi connectivity index (χ2v) is 11.2. The van der Waals surface area contributed by atoms with Crippen molar-refractivity contribution in [2.24, 2.45) is 5.73 Å². The maximum absolute atomic E-state index is 14.7. The molecule has 37 heavy (non-hydrogen) atoms. The van der Waals surface area contributed by atoms with Gasteiger partial charge in [0.15, 0.2) is 5.60 Å². The number of carbonyl (C=O) groups is 1. The average molecular weight is 532 g/mol. The number of aliphatic hydroxyl groups is 1. The molecule has 12 heteroatoms. The first-order valence-electron chi connectivity index (χ1n) is 11.8. The first-order chi connectivity index (χ1) is 17.3. The summed E-state index contributed by atoms with van der Waals surface area (Å²) in [6.07, 6.45) is 2.15. The molecule has 0 spiro atoms. The molecule has 3 aliphatic rings. The number of nitrogens with zero attached hydrogens (tertiary/aromatic N) is 2. The molecule has 6 rings (SSSR count). The molecule has 10 nitrogen and oxygen atoms in total. The fourth-order valence-electron chi connectivity index (χ4n) is 5.59. The van der Waals surface area contributed by atoms with Gasteiger partial charge >= 0.3 is 5.97 Å². The molecule has 0 radical (unpaired) electrons. The van der Waals surface area contributed by atoms with Gasteiger partial charge < -0.3 is 20.1 Å². The summed E-state index contributed by atoms with van der Waals surface area (Å²) in [5.41, 5.74) is 9.72. The Balaban J connectivity index is 0.000000514. The highest BCUT2D eigenvalue weighted by Crippen LogP contribution is 2.45. The number of rotatable bonds is 1. The van der Waals surface area contributed by atoms with Crippen LogP contribution in [0, 0.1) is 12.7 Å². The number of carbonyl (C=O) groups excluding carboxylic acids is 1. The maximum Gasteiger partial charge on any atom is 0.343 e. The fourth-order valence-corrected chi connectivity index (χ4v) is 5.59. The van der Waals surface area contributed by atoms with Crippen LogP contribution < -0.4 is 11.3 Å². The Kier molecular flexibility index (Phi) is 5.79. The normalized spacial score (nSPS) is 21.5. The molecule has 3 aromatic rings. The molecule has 4 heterocycles. The van der Waals surface area contributed by atoms with Gasteiger partial charge in [0.25, 0.3) is 15.7 Å². The number of ether oxygens (including phenoxy) is 1. The van der Waals surface area contributed by atoms with Gasteiger partial charge in [-0.2, -0.15) is 8.42 Å². The lowest BCUT2D eigenvalue weighted by Gasteiger charge is -2.31. The van der Waals surface area contributed by atoms with Gasteiger partial charge in [-0.15, -0.1) is 0 Å². The van der Waals surface area contributed by atoms with E-state index in [0.29, 0.717) is 41.6 Å². The van der Waals surface area contributed by atoms with Crippen molar-refractivity contribution in [2.75, 3.05) is 6.26 Å². The minimum atomic E-state index is -3.67. The number of hydrogen-bond acceptors (Lipinski definition) is 8. The summed E-state index contributed by atoms with van der Waals surface area (Å²) in [6.45, 7) is 3.55. The molecular weight excluding hydrogens is 505 g/mol. The Hall–Kier alpha value is -3.19. The van der Waals surface area contributed by atoms with E-state index in [1.54, 1.807) is 24.5 Å². The molecule has 1 aliphatic carbocycles. The van der Waals surface area contributed by atoms with Gasteiger partial charge in [-0.3, -0.25) is 9.35 Å². The van der Waals surface area contributed by atoms with E-state index in [4.69, 9.17) is 20.0 Å². The Bertz CT molecular complexity index is 1670. The number of nitrogens with two attached hydrogens (primary N) is 1. The first kappa shape index (κ1) is 25.5. The lowest BCUT2D eigenvalue weighted by Crippen LogP contribution is -2.44. The monoisotopic (exact) mass is 531 g/mol. The minimum absolute atomic E-state index is 0.0731. The predicted molar refractivity (Wildman–Crippen MR) is 132 cm³/mol. The van der Waals surface area contributed by atoms with E-state index in [2.05, 4.69) is 0 Å². The quantitative estimate of drug-likeness (QED) is 0.246. The molecule has 0 fully saturated rings. The van der Waals surface area contributed by atoms with E-state index in [0.717, 1.165) is 22.1 Å². The number of esters is 1. The van der Waals surface area contributed by atoms with Crippen LogP contribution in [0.3, 0.4) is 0 Å². The smallest absolute Gasteiger partial charge is 0.343 e. The largest absolute Gasteiger partial charge is 0.458 e. The summed E-state index contributed by atoms with van der Waals surface area (Å²) < 4.78 is 47.2. The van der Waals surface area contributed by atoms with Crippen LogP contribution in [-0.2, 0) is 44.8 Å². The van der Waals surface area contributed by atoms with Gasteiger partial charge in [-0.25, -0.2) is 14.2 Å². The SMILES string of the molecule is CC[C@@]1(O)C(=O)OCc2c1cc1n(c2=O)Cc2c-1nc1cc(F)c(C)c3c1c2C(N)CC3.CS(=O)(=O)O. The number of aromatic nitrogens is 2. The van der Waals surface area contributed by atoms with Crippen molar-refractivity contribution in [1.82, 2.24) is 9.55 Å². The number of cyclic esters (lactones) is 1. The third-order valence-electron chi connectivity index (χ3n) is 7.42. The van der Waals surface area contributed by atoms with E-state index < -0.39 is 21.7 Å². The summed E-state index contributed by atoms with van der Waals surface area (Å²) in [4.78, 5) is 30.5. The van der Waals surface area contributed by atoms with Crippen molar-refractivity contribution in [1.29, 1.82) is 0 Å². The van der Waals surface area contributed by atoms with Crippen LogP contribution >= 0.6 is 0 Å². The van der Waals surface area contributed by atoms with Crippen molar-refractivity contribution in [2.45, 2.75) is 57.9 Å². The lowest BCUT2D eigenvalue weighted by atomic mass is 9.82. The average Bonchev–Trinajstić information content (AvgIpc) is 3.18. The van der Waals surface area contributed by atoms with Crippen LogP contribution in [0.25, 0.3) is 22.3 Å². The zero-order valence-corrected chi connectivity index (χ0v) is 21.3. The molecule has 1 aromatic carbocycles. The number of halogens is 1. The minimum Gasteiger partial charge on any atom is -0.458 e. The highest BCUT2D eigenvalue weighted by Gasteiger charge is 2.45. The van der Waals surface area contributed by atoms with Gasteiger partial charge in [0.2, 0.25) is 0 Å². The predicted octanol–water partition coefficient (Wildman–Crippen LogP) is 1.98. The molecule has 2 aliphatic heterocycles. The van der Waals surface area contributed by atoms with Crippen molar-refractivity contribution in [3.63, 3.8) is 0 Å². The third kappa shape index (κ3) is 3.86. The number of benzene rings is 1. The summed E-state index contributed by atoms with van der Waals surface area (Å²) >= 11 is 0. The summed E-state index contributed by atoms with van der Waals surface area (Å²) in [7, 11) is -3.67. The van der Waals surface area contributed by atoms with E-state index >= 15 is 0 Å². The molecule has 4 N–H and O–H groups in total. The number of hydrogen-bond donors (Lipinski definition) is 3. The molecule has 2 atom stereocenters. The topological polar surface area (TPSA) is 162 Å². The summed E-state index contributed by atoms with van der Waals surface area (Å²) in [5, 5.41) is 11.9. The highest BCUT2D eigenvalue weighted by molar-refractivity contribution is 7.85. The molecule has 0 amide bonds. The van der Waals surface area contributed by atoms with Gasteiger partial charge in [-0.1, -0.05) is 6.92 Å². The van der Waals surface area contributed by atoms with E-state index in [1.165, 1.54) is 6.07 Å². The van der Waals surface area contributed by atoms with Gasteiger partial charge in [-0.05, 0) is 48.9 Å². The first-order valence-corrected chi connectivity index (χ1v) is 13.6. The van der Waals surface area contributed by atoms with Crippen molar-refractivity contribution >= 4 is 27.0 Å². The molecule has 2 aromatic heterocycles. The van der Waals surface area contributed by atoms with E-state index in [-0.39, 0.29) is 48.1 Å².